The number of halogens is 1. The van der Waals surface area contributed by atoms with Gasteiger partial charge in [0.2, 0.25) is 0 Å². The molecule has 7 nitrogen and oxygen atoms in total. The first kappa shape index (κ1) is 16.8. The number of nitrogens with two attached hydrogens (primary N) is 1. The summed E-state index contributed by atoms with van der Waals surface area (Å²) in [6.07, 6.45) is 1.49. The van der Waals surface area contributed by atoms with E-state index in [1.807, 2.05) is 24.3 Å². The number of hydrogen-bond acceptors (Lipinski definition) is 7. The van der Waals surface area contributed by atoms with Crippen LogP contribution in [0.5, 0.6) is 0 Å². The van der Waals surface area contributed by atoms with E-state index >= 15 is 0 Å². The molecule has 128 valence electrons. The van der Waals surface area contributed by atoms with E-state index in [0.29, 0.717) is 22.3 Å². The Morgan fingerprint density at radius 1 is 1.12 bits per heavy atom. The van der Waals surface area contributed by atoms with E-state index in [1.165, 1.54) is 6.33 Å². The zero-order valence-electron chi connectivity index (χ0n) is 13.3. The van der Waals surface area contributed by atoms with Crippen LogP contribution in [0.2, 0.25) is 5.02 Å². The Bertz CT molecular complexity index is 660. The predicted octanol–water partition coefficient (Wildman–Crippen LogP) is 2.20. The number of aromatic nitrogens is 2. The third kappa shape index (κ3) is 4.47. The minimum Gasteiger partial charge on any atom is -0.393 e. The fraction of sp³-hybridized carbons (Fsp3) is 0.375. The van der Waals surface area contributed by atoms with Crippen molar-refractivity contribution in [1.82, 2.24) is 14.9 Å². The molecule has 1 aromatic carbocycles. The fourth-order valence-electron chi connectivity index (χ4n) is 2.46. The molecule has 4 N–H and O–H groups in total. The van der Waals surface area contributed by atoms with Gasteiger partial charge in [-0.3, -0.25) is 4.90 Å². The number of nitrogens with zero attached hydrogens (tertiary/aromatic N) is 3. The molecule has 2 aromatic rings. The van der Waals surface area contributed by atoms with E-state index in [1.54, 1.807) is 0 Å². The molecule has 0 aliphatic carbocycles. The average molecular weight is 349 g/mol. The smallest absolute Gasteiger partial charge is 0.159 e. The SMILES string of the molecule is Nc1c(NCCN2CCOCC2)ncnc1Nc1ccc(Cl)cc1. The number of rotatable bonds is 6. The lowest BCUT2D eigenvalue weighted by Gasteiger charge is -2.26. The zero-order valence-corrected chi connectivity index (χ0v) is 14.1. The van der Waals surface area contributed by atoms with E-state index in [0.717, 1.165) is 45.1 Å². The highest BCUT2D eigenvalue weighted by atomic mass is 35.5. The number of anilines is 4. The van der Waals surface area contributed by atoms with Crippen LogP contribution in [0.15, 0.2) is 30.6 Å². The summed E-state index contributed by atoms with van der Waals surface area (Å²) in [6, 6.07) is 7.36. The minimum atomic E-state index is 0.495. The molecular weight excluding hydrogens is 328 g/mol. The molecule has 0 spiro atoms. The molecule has 0 radical (unpaired) electrons. The van der Waals surface area contributed by atoms with Crippen LogP contribution in [0.4, 0.5) is 23.0 Å². The molecule has 8 heteroatoms. The van der Waals surface area contributed by atoms with Crippen molar-refractivity contribution < 1.29 is 4.74 Å². The number of ether oxygens (including phenoxy) is 1. The summed E-state index contributed by atoms with van der Waals surface area (Å²) in [5.41, 5.74) is 7.53. The second kappa shape index (κ2) is 8.14. The standard InChI is InChI=1S/C16H21ClN6O/c17-12-1-3-13(4-2-12)22-16-14(18)15(20-11-21-16)19-5-6-23-7-9-24-10-8-23/h1-4,11H,5-10,18H2,(H2,19,20,21,22). The summed E-state index contributed by atoms with van der Waals surface area (Å²) in [4.78, 5) is 10.8. The van der Waals surface area contributed by atoms with Gasteiger partial charge in [-0.1, -0.05) is 11.6 Å². The van der Waals surface area contributed by atoms with Crippen LogP contribution < -0.4 is 16.4 Å². The van der Waals surface area contributed by atoms with Crippen molar-refractivity contribution in [1.29, 1.82) is 0 Å². The molecule has 1 aliphatic rings. The van der Waals surface area contributed by atoms with Gasteiger partial charge in [0.15, 0.2) is 11.6 Å². The highest BCUT2D eigenvalue weighted by Crippen LogP contribution is 2.26. The first-order chi connectivity index (χ1) is 11.7. The summed E-state index contributed by atoms with van der Waals surface area (Å²) >= 11 is 5.89. The van der Waals surface area contributed by atoms with Gasteiger partial charge in [-0.2, -0.15) is 0 Å². The molecular formula is C16H21ClN6O. The zero-order chi connectivity index (χ0) is 16.8. The van der Waals surface area contributed by atoms with Crippen LogP contribution >= 0.6 is 11.6 Å². The van der Waals surface area contributed by atoms with Crippen LogP contribution in [0.1, 0.15) is 0 Å². The fourth-order valence-corrected chi connectivity index (χ4v) is 2.59. The van der Waals surface area contributed by atoms with Gasteiger partial charge in [-0.25, -0.2) is 9.97 Å². The number of hydrogen-bond donors (Lipinski definition) is 3. The molecule has 0 atom stereocenters. The Hall–Kier alpha value is -2.09. The topological polar surface area (TPSA) is 88.3 Å². The maximum Gasteiger partial charge on any atom is 0.159 e. The van der Waals surface area contributed by atoms with Gasteiger partial charge < -0.3 is 21.1 Å². The summed E-state index contributed by atoms with van der Waals surface area (Å²) in [7, 11) is 0. The van der Waals surface area contributed by atoms with Crippen LogP contribution in [-0.2, 0) is 4.74 Å². The number of benzene rings is 1. The molecule has 0 unspecified atom stereocenters. The van der Waals surface area contributed by atoms with E-state index < -0.39 is 0 Å². The van der Waals surface area contributed by atoms with Crippen molar-refractivity contribution in [3.8, 4) is 0 Å². The van der Waals surface area contributed by atoms with E-state index in [2.05, 4.69) is 25.5 Å². The van der Waals surface area contributed by atoms with Gasteiger partial charge in [0.25, 0.3) is 0 Å². The summed E-state index contributed by atoms with van der Waals surface area (Å²) in [5.74, 6) is 1.20. The quantitative estimate of drug-likeness (QED) is 0.737. The first-order valence-corrected chi connectivity index (χ1v) is 8.27. The molecule has 0 bridgehead atoms. The molecule has 3 rings (SSSR count). The highest BCUT2D eigenvalue weighted by Gasteiger charge is 2.11. The van der Waals surface area contributed by atoms with Crippen molar-refractivity contribution >= 4 is 34.6 Å². The van der Waals surface area contributed by atoms with Gasteiger partial charge in [-0.15, -0.1) is 0 Å². The second-order valence-corrected chi connectivity index (χ2v) is 5.93. The highest BCUT2D eigenvalue weighted by molar-refractivity contribution is 6.30. The van der Waals surface area contributed by atoms with Gasteiger partial charge in [0.1, 0.15) is 12.0 Å². The molecule has 0 saturated carbocycles. The predicted molar refractivity (Wildman–Crippen MR) is 96.9 cm³/mol. The van der Waals surface area contributed by atoms with Gasteiger partial charge in [-0.05, 0) is 24.3 Å². The largest absolute Gasteiger partial charge is 0.393 e. The summed E-state index contributed by atoms with van der Waals surface area (Å²) < 4.78 is 5.34. The summed E-state index contributed by atoms with van der Waals surface area (Å²) in [5, 5.41) is 7.14. The molecule has 24 heavy (non-hydrogen) atoms. The number of nitrogens with one attached hydrogen (secondary N) is 2. The molecule has 2 heterocycles. The third-order valence-corrected chi connectivity index (χ3v) is 4.07. The van der Waals surface area contributed by atoms with E-state index in [-0.39, 0.29) is 0 Å². The van der Waals surface area contributed by atoms with Crippen LogP contribution in [0.3, 0.4) is 0 Å². The maximum absolute atomic E-state index is 6.17. The Morgan fingerprint density at radius 2 is 1.83 bits per heavy atom. The average Bonchev–Trinajstić information content (AvgIpc) is 2.61. The second-order valence-electron chi connectivity index (χ2n) is 5.50. The molecule has 1 saturated heterocycles. The van der Waals surface area contributed by atoms with Crippen molar-refractivity contribution in [2.75, 3.05) is 55.8 Å². The first-order valence-electron chi connectivity index (χ1n) is 7.89. The van der Waals surface area contributed by atoms with Crippen molar-refractivity contribution in [2.45, 2.75) is 0 Å². The lowest BCUT2D eigenvalue weighted by Crippen LogP contribution is -2.39. The minimum absolute atomic E-state index is 0.495. The number of morpholine rings is 1. The molecule has 1 aromatic heterocycles. The van der Waals surface area contributed by atoms with Crippen LogP contribution in [-0.4, -0.2) is 54.3 Å². The van der Waals surface area contributed by atoms with Crippen molar-refractivity contribution in [3.05, 3.63) is 35.6 Å². The Balaban J connectivity index is 1.59. The molecule has 1 fully saturated rings. The molecule has 0 amide bonds. The lowest BCUT2D eigenvalue weighted by atomic mass is 10.3. The monoisotopic (exact) mass is 348 g/mol. The number of nitrogen functional groups attached to an aromatic ring is 1. The van der Waals surface area contributed by atoms with E-state index in [9.17, 15) is 0 Å². The Kier molecular flexibility index (Phi) is 5.68. The van der Waals surface area contributed by atoms with Crippen molar-refractivity contribution in [2.24, 2.45) is 0 Å². The Morgan fingerprint density at radius 3 is 2.58 bits per heavy atom. The lowest BCUT2D eigenvalue weighted by molar-refractivity contribution is 0.0398. The van der Waals surface area contributed by atoms with E-state index in [4.69, 9.17) is 22.1 Å². The van der Waals surface area contributed by atoms with Crippen LogP contribution in [0.25, 0.3) is 0 Å². The van der Waals surface area contributed by atoms with Gasteiger partial charge in [0, 0.05) is 36.9 Å². The van der Waals surface area contributed by atoms with Gasteiger partial charge in [0.05, 0.1) is 13.2 Å². The van der Waals surface area contributed by atoms with Crippen molar-refractivity contribution in [3.63, 3.8) is 0 Å². The summed E-state index contributed by atoms with van der Waals surface area (Å²) in [6.45, 7) is 5.21. The third-order valence-electron chi connectivity index (χ3n) is 3.82. The van der Waals surface area contributed by atoms with Crippen LogP contribution in [0, 0.1) is 0 Å². The maximum atomic E-state index is 6.17. The Labute approximate surface area is 146 Å². The van der Waals surface area contributed by atoms with Gasteiger partial charge >= 0.3 is 0 Å². The molecule has 1 aliphatic heterocycles. The normalized spacial score (nSPS) is 15.2.